The molecule has 0 saturated carbocycles. The lowest BCUT2D eigenvalue weighted by Crippen LogP contribution is -2.37. The lowest BCUT2D eigenvalue weighted by molar-refractivity contribution is -0.129. The SMILES string of the molecule is CCOc1ccc(NC2CCN(C(C)C)C2=O)cc1CO. The predicted octanol–water partition coefficient (Wildman–Crippen LogP) is 2.00. The van der Waals surface area contributed by atoms with Gasteiger partial charge in [0.2, 0.25) is 5.91 Å². The number of aliphatic hydroxyl groups excluding tert-OH is 1. The van der Waals surface area contributed by atoms with E-state index >= 15 is 0 Å². The standard InChI is InChI=1S/C16H24N2O3/c1-4-21-15-6-5-13(9-12(15)10-19)17-14-7-8-18(11(2)3)16(14)20/h5-6,9,11,14,17,19H,4,7-8,10H2,1-3H3. The van der Waals surface area contributed by atoms with Crippen LogP contribution >= 0.6 is 0 Å². The number of nitrogens with zero attached hydrogens (tertiary/aromatic N) is 1. The molecule has 2 rings (SSSR count). The van der Waals surface area contributed by atoms with E-state index in [1.165, 1.54) is 0 Å². The average Bonchev–Trinajstić information content (AvgIpc) is 2.82. The number of carbonyl (C=O) groups is 1. The van der Waals surface area contributed by atoms with Crippen molar-refractivity contribution >= 4 is 11.6 Å². The van der Waals surface area contributed by atoms with Gasteiger partial charge in [0.15, 0.2) is 0 Å². The van der Waals surface area contributed by atoms with E-state index in [1.54, 1.807) is 0 Å². The van der Waals surface area contributed by atoms with Crippen LogP contribution in [0.4, 0.5) is 5.69 Å². The second-order valence-corrected chi connectivity index (χ2v) is 5.52. The third-order valence-electron chi connectivity index (χ3n) is 3.73. The van der Waals surface area contributed by atoms with Crippen molar-refractivity contribution in [3.8, 4) is 5.75 Å². The number of anilines is 1. The molecular weight excluding hydrogens is 268 g/mol. The molecule has 0 aromatic heterocycles. The zero-order valence-electron chi connectivity index (χ0n) is 12.9. The van der Waals surface area contributed by atoms with Gasteiger partial charge in [-0.05, 0) is 45.4 Å². The second kappa shape index (κ2) is 6.80. The number of hydrogen-bond acceptors (Lipinski definition) is 4. The quantitative estimate of drug-likeness (QED) is 0.842. The molecule has 1 heterocycles. The van der Waals surface area contributed by atoms with Crippen molar-refractivity contribution in [2.45, 2.75) is 45.9 Å². The molecule has 5 nitrogen and oxygen atoms in total. The highest BCUT2D eigenvalue weighted by Crippen LogP contribution is 2.25. The molecule has 1 amide bonds. The fourth-order valence-corrected chi connectivity index (χ4v) is 2.64. The summed E-state index contributed by atoms with van der Waals surface area (Å²) in [6, 6.07) is 5.61. The summed E-state index contributed by atoms with van der Waals surface area (Å²) in [5.41, 5.74) is 1.57. The Morgan fingerprint density at radius 1 is 1.48 bits per heavy atom. The van der Waals surface area contributed by atoms with Crippen LogP contribution in [0, 0.1) is 0 Å². The van der Waals surface area contributed by atoms with Gasteiger partial charge in [-0.2, -0.15) is 0 Å². The van der Waals surface area contributed by atoms with Crippen LogP contribution in [0.5, 0.6) is 5.75 Å². The lowest BCUT2D eigenvalue weighted by Gasteiger charge is -2.21. The van der Waals surface area contributed by atoms with Crippen LogP contribution < -0.4 is 10.1 Å². The van der Waals surface area contributed by atoms with Gasteiger partial charge in [-0.15, -0.1) is 0 Å². The van der Waals surface area contributed by atoms with E-state index in [1.807, 2.05) is 43.9 Å². The van der Waals surface area contributed by atoms with Gasteiger partial charge in [-0.3, -0.25) is 4.79 Å². The summed E-state index contributed by atoms with van der Waals surface area (Å²) in [7, 11) is 0. The summed E-state index contributed by atoms with van der Waals surface area (Å²) in [4.78, 5) is 14.2. The number of likely N-dealkylation sites (tertiary alicyclic amines) is 1. The van der Waals surface area contributed by atoms with Crippen molar-refractivity contribution in [2.75, 3.05) is 18.5 Å². The minimum atomic E-state index is -0.183. The highest BCUT2D eigenvalue weighted by Gasteiger charge is 2.32. The second-order valence-electron chi connectivity index (χ2n) is 5.52. The minimum Gasteiger partial charge on any atom is -0.494 e. The van der Waals surface area contributed by atoms with Crippen LogP contribution in [0.25, 0.3) is 0 Å². The molecule has 1 aliphatic rings. The summed E-state index contributed by atoms with van der Waals surface area (Å²) in [5, 5.41) is 12.7. The fourth-order valence-electron chi connectivity index (χ4n) is 2.64. The van der Waals surface area contributed by atoms with Gasteiger partial charge in [0.25, 0.3) is 0 Å². The smallest absolute Gasteiger partial charge is 0.245 e. The number of nitrogens with one attached hydrogen (secondary N) is 1. The summed E-state index contributed by atoms with van der Waals surface area (Å²) in [6.45, 7) is 7.23. The Hall–Kier alpha value is -1.75. The van der Waals surface area contributed by atoms with E-state index < -0.39 is 0 Å². The summed E-state index contributed by atoms with van der Waals surface area (Å²) >= 11 is 0. The molecule has 1 fully saturated rings. The number of aliphatic hydroxyl groups is 1. The van der Waals surface area contributed by atoms with Crippen LogP contribution in [0.15, 0.2) is 18.2 Å². The highest BCUT2D eigenvalue weighted by atomic mass is 16.5. The van der Waals surface area contributed by atoms with Crippen molar-refractivity contribution in [1.29, 1.82) is 0 Å². The summed E-state index contributed by atoms with van der Waals surface area (Å²) < 4.78 is 5.46. The third kappa shape index (κ3) is 3.47. The molecule has 1 atom stereocenters. The number of rotatable bonds is 6. The molecule has 0 bridgehead atoms. The zero-order chi connectivity index (χ0) is 15.4. The first kappa shape index (κ1) is 15.6. The van der Waals surface area contributed by atoms with Crippen LogP contribution in [-0.4, -0.2) is 41.1 Å². The lowest BCUT2D eigenvalue weighted by atomic mass is 10.1. The molecular formula is C16H24N2O3. The Bertz CT molecular complexity index is 502. The molecule has 5 heteroatoms. The zero-order valence-corrected chi connectivity index (χ0v) is 12.9. The van der Waals surface area contributed by atoms with Crippen LogP contribution in [-0.2, 0) is 11.4 Å². The molecule has 21 heavy (non-hydrogen) atoms. The molecule has 1 unspecified atom stereocenters. The molecule has 0 radical (unpaired) electrons. The Balaban J connectivity index is 2.08. The van der Waals surface area contributed by atoms with E-state index in [2.05, 4.69) is 5.32 Å². The monoisotopic (exact) mass is 292 g/mol. The van der Waals surface area contributed by atoms with E-state index in [4.69, 9.17) is 4.74 Å². The maximum absolute atomic E-state index is 12.3. The van der Waals surface area contributed by atoms with E-state index in [0.717, 1.165) is 24.2 Å². The van der Waals surface area contributed by atoms with Crippen molar-refractivity contribution in [3.63, 3.8) is 0 Å². The number of benzene rings is 1. The molecule has 116 valence electrons. The van der Waals surface area contributed by atoms with Gasteiger partial charge in [0.05, 0.1) is 13.2 Å². The molecule has 0 spiro atoms. The number of ether oxygens (including phenoxy) is 1. The Kier molecular flexibility index (Phi) is 5.07. The Morgan fingerprint density at radius 3 is 2.81 bits per heavy atom. The topological polar surface area (TPSA) is 61.8 Å². The van der Waals surface area contributed by atoms with Gasteiger partial charge < -0.3 is 20.1 Å². The van der Waals surface area contributed by atoms with Gasteiger partial charge >= 0.3 is 0 Å². The fraction of sp³-hybridized carbons (Fsp3) is 0.562. The first-order chi connectivity index (χ1) is 10.1. The van der Waals surface area contributed by atoms with E-state index in [9.17, 15) is 9.90 Å². The van der Waals surface area contributed by atoms with Crippen molar-refractivity contribution < 1.29 is 14.6 Å². The number of amides is 1. The van der Waals surface area contributed by atoms with Gasteiger partial charge in [0.1, 0.15) is 11.8 Å². The third-order valence-corrected chi connectivity index (χ3v) is 3.73. The van der Waals surface area contributed by atoms with Gasteiger partial charge in [-0.1, -0.05) is 0 Å². The number of carbonyl (C=O) groups excluding carboxylic acids is 1. The molecule has 1 saturated heterocycles. The number of hydrogen-bond donors (Lipinski definition) is 2. The van der Waals surface area contributed by atoms with E-state index in [-0.39, 0.29) is 24.6 Å². The van der Waals surface area contributed by atoms with Crippen LogP contribution in [0.2, 0.25) is 0 Å². The summed E-state index contributed by atoms with van der Waals surface area (Å²) in [6.07, 6.45) is 0.804. The van der Waals surface area contributed by atoms with Crippen molar-refractivity contribution in [3.05, 3.63) is 23.8 Å². The predicted molar refractivity (Wildman–Crippen MR) is 82.4 cm³/mol. The average molecular weight is 292 g/mol. The highest BCUT2D eigenvalue weighted by molar-refractivity contribution is 5.87. The van der Waals surface area contributed by atoms with Crippen LogP contribution in [0.1, 0.15) is 32.8 Å². The van der Waals surface area contributed by atoms with Crippen molar-refractivity contribution in [2.24, 2.45) is 0 Å². The molecule has 0 aliphatic carbocycles. The largest absolute Gasteiger partial charge is 0.494 e. The van der Waals surface area contributed by atoms with Gasteiger partial charge in [0, 0.05) is 23.8 Å². The maximum atomic E-state index is 12.3. The molecule has 1 aromatic rings. The minimum absolute atomic E-state index is 0.0818. The normalized spacial score (nSPS) is 18.4. The van der Waals surface area contributed by atoms with Crippen LogP contribution in [0.3, 0.4) is 0 Å². The maximum Gasteiger partial charge on any atom is 0.245 e. The first-order valence-electron chi connectivity index (χ1n) is 7.50. The molecule has 2 N–H and O–H groups in total. The first-order valence-corrected chi connectivity index (χ1v) is 7.50. The molecule has 1 aromatic carbocycles. The Morgan fingerprint density at radius 2 is 2.24 bits per heavy atom. The van der Waals surface area contributed by atoms with Crippen molar-refractivity contribution in [1.82, 2.24) is 4.90 Å². The molecule has 1 aliphatic heterocycles. The summed E-state index contributed by atoms with van der Waals surface area (Å²) in [5.74, 6) is 0.830. The Labute approximate surface area is 125 Å². The van der Waals surface area contributed by atoms with E-state index in [0.29, 0.717) is 12.4 Å². The van der Waals surface area contributed by atoms with Gasteiger partial charge in [-0.25, -0.2) is 0 Å².